The third-order valence-corrected chi connectivity index (χ3v) is 1.62. The highest BCUT2D eigenvalue weighted by Gasteiger charge is 2.31. The van der Waals surface area contributed by atoms with Crippen LogP contribution in [0.25, 0.3) is 0 Å². The van der Waals surface area contributed by atoms with Crippen molar-refractivity contribution in [2.75, 3.05) is 0 Å². The van der Waals surface area contributed by atoms with Crippen molar-refractivity contribution >= 4 is 11.9 Å². The number of esters is 2. The molecule has 74 valence electrons. The third kappa shape index (κ3) is 3.42. The molecule has 0 aliphatic carbocycles. The number of rotatable bonds is 0. The fraction of sp³-hybridized carbons (Fsp3) is 0.750. The average Bonchev–Trinajstić information content (AvgIpc) is 1.99. The Morgan fingerprint density at radius 3 is 1.92 bits per heavy atom. The number of hydrogen-bond acceptors (Lipinski definition) is 5. The van der Waals surface area contributed by atoms with Crippen LogP contribution in [0.2, 0.25) is 0 Å². The van der Waals surface area contributed by atoms with Gasteiger partial charge in [-0.3, -0.25) is 9.59 Å². The van der Waals surface area contributed by atoms with Crippen molar-refractivity contribution in [3.63, 3.8) is 0 Å². The maximum atomic E-state index is 10.9. The molecular formula is C8H12O5. The lowest BCUT2D eigenvalue weighted by molar-refractivity contribution is -0.313. The first-order valence-electron chi connectivity index (χ1n) is 4.16. The summed E-state index contributed by atoms with van der Waals surface area (Å²) in [6.45, 7) is 1.12. The molecule has 1 saturated heterocycles. The molecule has 0 spiro atoms. The van der Waals surface area contributed by atoms with E-state index in [0.29, 0.717) is 12.8 Å². The molecule has 0 aromatic carbocycles. The molecule has 1 rings (SSSR count). The Morgan fingerprint density at radius 2 is 1.54 bits per heavy atom. The van der Waals surface area contributed by atoms with Gasteiger partial charge in [0.15, 0.2) is 0 Å². The van der Waals surface area contributed by atoms with Crippen LogP contribution in [0, 0.1) is 0 Å². The molecule has 1 aliphatic heterocycles. The maximum Gasteiger partial charge on any atom is 0.370 e. The summed E-state index contributed by atoms with van der Waals surface area (Å²) in [5.74, 6) is -3.22. The van der Waals surface area contributed by atoms with Crippen LogP contribution in [0.15, 0.2) is 0 Å². The number of hydrogen-bond donors (Lipinski definition) is 1. The fourth-order valence-corrected chi connectivity index (χ4v) is 1.08. The highest BCUT2D eigenvalue weighted by atomic mass is 16.8. The Hall–Kier alpha value is -1.10. The van der Waals surface area contributed by atoms with Gasteiger partial charge in [-0.05, 0) is 12.8 Å². The second-order valence-corrected chi connectivity index (χ2v) is 3.05. The predicted molar refractivity (Wildman–Crippen MR) is 41.3 cm³/mol. The van der Waals surface area contributed by atoms with E-state index in [0.717, 1.165) is 6.92 Å². The van der Waals surface area contributed by atoms with Crippen LogP contribution in [0.1, 0.15) is 32.6 Å². The monoisotopic (exact) mass is 188 g/mol. The molecule has 5 heteroatoms. The number of cyclic esters (lactones) is 2. The summed E-state index contributed by atoms with van der Waals surface area (Å²) in [4.78, 5) is 21.9. The van der Waals surface area contributed by atoms with E-state index in [1.807, 2.05) is 0 Å². The van der Waals surface area contributed by atoms with Crippen LogP contribution in [-0.4, -0.2) is 23.0 Å². The minimum atomic E-state index is -2.11. The fourth-order valence-electron chi connectivity index (χ4n) is 1.08. The quantitative estimate of drug-likeness (QED) is 0.554. The Labute approximate surface area is 75.6 Å². The largest absolute Gasteiger partial charge is 0.398 e. The summed E-state index contributed by atoms with van der Waals surface area (Å²) in [5.41, 5.74) is 0. The molecule has 0 bridgehead atoms. The van der Waals surface area contributed by atoms with Crippen molar-refractivity contribution in [1.29, 1.82) is 0 Å². The second-order valence-electron chi connectivity index (χ2n) is 3.05. The molecule has 1 N–H and O–H groups in total. The van der Waals surface area contributed by atoms with Gasteiger partial charge in [0.2, 0.25) is 0 Å². The van der Waals surface area contributed by atoms with Gasteiger partial charge in [0, 0.05) is 19.8 Å². The van der Waals surface area contributed by atoms with Crippen molar-refractivity contribution < 1.29 is 24.2 Å². The molecule has 1 aliphatic rings. The van der Waals surface area contributed by atoms with Crippen molar-refractivity contribution in [1.82, 2.24) is 0 Å². The Balaban J connectivity index is 2.64. The highest BCUT2D eigenvalue weighted by molar-refractivity contribution is 5.72. The zero-order chi connectivity index (χ0) is 9.90. The summed E-state index contributed by atoms with van der Waals surface area (Å²) >= 11 is 0. The van der Waals surface area contributed by atoms with E-state index in [9.17, 15) is 14.7 Å². The third-order valence-electron chi connectivity index (χ3n) is 1.62. The first kappa shape index (κ1) is 9.98. The summed E-state index contributed by atoms with van der Waals surface area (Å²) in [7, 11) is 0. The number of aliphatic hydroxyl groups is 1. The van der Waals surface area contributed by atoms with Gasteiger partial charge in [-0.25, -0.2) is 0 Å². The van der Waals surface area contributed by atoms with Crippen molar-refractivity contribution in [2.24, 2.45) is 0 Å². The summed E-state index contributed by atoms with van der Waals surface area (Å²) in [5, 5.41) is 9.26. The summed E-state index contributed by atoms with van der Waals surface area (Å²) in [6, 6.07) is 0. The highest BCUT2D eigenvalue weighted by Crippen LogP contribution is 2.15. The Kier molecular flexibility index (Phi) is 2.87. The van der Waals surface area contributed by atoms with Crippen LogP contribution < -0.4 is 0 Å². The van der Waals surface area contributed by atoms with Gasteiger partial charge >= 0.3 is 17.9 Å². The zero-order valence-corrected chi connectivity index (χ0v) is 7.41. The van der Waals surface area contributed by atoms with Crippen molar-refractivity contribution in [2.45, 2.75) is 38.6 Å². The van der Waals surface area contributed by atoms with Crippen LogP contribution >= 0.6 is 0 Å². The lowest BCUT2D eigenvalue weighted by Crippen LogP contribution is -2.36. The van der Waals surface area contributed by atoms with Gasteiger partial charge in [0.25, 0.3) is 0 Å². The SMILES string of the molecule is CC1(O)OC(=O)CCCCC(=O)O1. The molecule has 0 amide bonds. The maximum absolute atomic E-state index is 10.9. The van der Waals surface area contributed by atoms with E-state index in [4.69, 9.17) is 0 Å². The molecule has 5 nitrogen and oxygen atoms in total. The molecule has 13 heavy (non-hydrogen) atoms. The smallest absolute Gasteiger partial charge is 0.370 e. The lowest BCUT2D eigenvalue weighted by Gasteiger charge is -2.21. The van der Waals surface area contributed by atoms with Crippen LogP contribution in [0.3, 0.4) is 0 Å². The van der Waals surface area contributed by atoms with Gasteiger partial charge in [-0.2, -0.15) is 0 Å². The van der Waals surface area contributed by atoms with E-state index in [2.05, 4.69) is 9.47 Å². The molecular weight excluding hydrogens is 176 g/mol. The summed E-state index contributed by atoms with van der Waals surface area (Å²) in [6.07, 6.45) is 1.55. The molecule has 0 aromatic rings. The van der Waals surface area contributed by atoms with Gasteiger partial charge in [0.1, 0.15) is 0 Å². The first-order valence-corrected chi connectivity index (χ1v) is 4.16. The molecule has 0 aromatic heterocycles. The molecule has 0 unspecified atom stereocenters. The van der Waals surface area contributed by atoms with Crippen molar-refractivity contribution in [3.05, 3.63) is 0 Å². The molecule has 0 atom stereocenters. The van der Waals surface area contributed by atoms with Gasteiger partial charge in [-0.1, -0.05) is 0 Å². The van der Waals surface area contributed by atoms with E-state index >= 15 is 0 Å². The van der Waals surface area contributed by atoms with Crippen LogP contribution in [0.4, 0.5) is 0 Å². The van der Waals surface area contributed by atoms with Gasteiger partial charge in [-0.15, -0.1) is 0 Å². The molecule has 1 fully saturated rings. The number of carbonyl (C=O) groups excluding carboxylic acids is 2. The van der Waals surface area contributed by atoms with Crippen LogP contribution in [0.5, 0.6) is 0 Å². The van der Waals surface area contributed by atoms with Crippen molar-refractivity contribution in [3.8, 4) is 0 Å². The van der Waals surface area contributed by atoms with E-state index in [1.54, 1.807) is 0 Å². The Bertz CT molecular complexity index is 199. The molecule has 0 radical (unpaired) electrons. The predicted octanol–water partition coefficient (Wildman–Crippen LogP) is 0.313. The number of ether oxygens (including phenoxy) is 2. The minimum absolute atomic E-state index is 0.201. The summed E-state index contributed by atoms with van der Waals surface area (Å²) < 4.78 is 9.01. The average molecular weight is 188 g/mol. The first-order chi connectivity index (χ1) is 5.99. The zero-order valence-electron chi connectivity index (χ0n) is 7.41. The molecule has 0 saturated carbocycles. The Morgan fingerprint density at radius 1 is 1.15 bits per heavy atom. The molecule has 1 heterocycles. The van der Waals surface area contributed by atoms with E-state index < -0.39 is 17.9 Å². The van der Waals surface area contributed by atoms with Gasteiger partial charge in [0.05, 0.1) is 0 Å². The number of carbonyl (C=O) groups is 2. The standard InChI is InChI=1S/C8H12O5/c1-8(11)12-6(9)4-2-3-5-7(10)13-8/h11H,2-5H2,1H3. The van der Waals surface area contributed by atoms with E-state index in [-0.39, 0.29) is 12.8 Å². The van der Waals surface area contributed by atoms with Gasteiger partial charge < -0.3 is 14.6 Å². The lowest BCUT2D eigenvalue weighted by atomic mass is 10.2. The normalized spacial score (nSPS) is 23.5. The minimum Gasteiger partial charge on any atom is -0.398 e. The second kappa shape index (κ2) is 3.74. The van der Waals surface area contributed by atoms with E-state index in [1.165, 1.54) is 0 Å². The topological polar surface area (TPSA) is 72.8 Å². The van der Waals surface area contributed by atoms with Crippen LogP contribution in [-0.2, 0) is 19.1 Å².